The molecule has 0 spiro atoms. The third-order valence-electron chi connectivity index (χ3n) is 3.85. The van der Waals surface area contributed by atoms with Crippen LogP contribution in [0.1, 0.15) is 11.1 Å². The summed E-state index contributed by atoms with van der Waals surface area (Å²) in [6.07, 6.45) is 0. The average Bonchev–Trinajstić information content (AvgIpc) is 2.67. The molecule has 0 radical (unpaired) electrons. The summed E-state index contributed by atoms with van der Waals surface area (Å²) in [4.78, 5) is 17.3. The Labute approximate surface area is 188 Å². The Balaban J connectivity index is 0.00000392. The topological polar surface area (TPSA) is 66.0 Å². The molecule has 28 heavy (non-hydrogen) atoms. The van der Waals surface area contributed by atoms with Crippen molar-refractivity contribution < 1.29 is 9.53 Å². The number of carbonyl (C=O) groups is 1. The molecule has 2 rings (SSSR count). The van der Waals surface area contributed by atoms with E-state index in [-0.39, 0.29) is 36.5 Å². The van der Waals surface area contributed by atoms with Crippen molar-refractivity contribution in [2.45, 2.75) is 13.1 Å². The van der Waals surface area contributed by atoms with Gasteiger partial charge in [0.15, 0.2) is 12.6 Å². The monoisotopic (exact) mass is 516 g/mol. The molecule has 0 aliphatic rings. The van der Waals surface area contributed by atoms with E-state index >= 15 is 0 Å². The van der Waals surface area contributed by atoms with Gasteiger partial charge < -0.3 is 20.3 Å². The number of nitrogens with zero attached hydrogens (tertiary/aromatic N) is 2. The zero-order valence-corrected chi connectivity index (χ0v) is 19.3. The highest BCUT2D eigenvalue weighted by atomic mass is 127. The fraction of sp³-hybridized carbons (Fsp3) is 0.300. The first-order valence-electron chi connectivity index (χ1n) is 8.59. The van der Waals surface area contributed by atoms with E-state index in [9.17, 15) is 4.79 Å². The molecule has 0 heterocycles. The number of rotatable bonds is 7. The van der Waals surface area contributed by atoms with Crippen molar-refractivity contribution in [3.63, 3.8) is 0 Å². The van der Waals surface area contributed by atoms with Crippen LogP contribution in [0.15, 0.2) is 53.5 Å². The predicted molar refractivity (Wildman–Crippen MR) is 125 cm³/mol. The summed E-state index contributed by atoms with van der Waals surface area (Å²) < 4.78 is 5.54. The minimum absolute atomic E-state index is 0. The lowest BCUT2D eigenvalue weighted by atomic mass is 10.2. The number of amides is 1. The van der Waals surface area contributed by atoms with Crippen LogP contribution in [0.25, 0.3) is 0 Å². The second kappa shape index (κ2) is 12.5. The molecule has 0 atom stereocenters. The van der Waals surface area contributed by atoms with Crippen molar-refractivity contribution in [3.05, 3.63) is 64.7 Å². The average molecular weight is 517 g/mol. The van der Waals surface area contributed by atoms with Gasteiger partial charge in [-0.05, 0) is 29.3 Å². The number of ether oxygens (including phenoxy) is 1. The SMILES string of the molecule is CN=C(NCc1cccc(OCC(=O)N(C)C)c1)NCc1ccccc1Cl.I. The first kappa shape index (κ1) is 24.0. The van der Waals surface area contributed by atoms with Gasteiger partial charge in [0.05, 0.1) is 0 Å². The van der Waals surface area contributed by atoms with E-state index in [0.29, 0.717) is 24.8 Å². The number of benzene rings is 2. The van der Waals surface area contributed by atoms with Crippen LogP contribution in [0.2, 0.25) is 5.02 Å². The Morgan fingerprint density at radius 2 is 1.82 bits per heavy atom. The summed E-state index contributed by atoms with van der Waals surface area (Å²) in [5.41, 5.74) is 2.02. The van der Waals surface area contributed by atoms with E-state index in [1.807, 2.05) is 48.5 Å². The number of carbonyl (C=O) groups excluding carboxylic acids is 1. The zero-order chi connectivity index (χ0) is 19.6. The van der Waals surface area contributed by atoms with Crippen molar-refractivity contribution in [2.75, 3.05) is 27.7 Å². The van der Waals surface area contributed by atoms with Gasteiger partial charge in [-0.1, -0.05) is 41.9 Å². The standard InChI is InChI=1S/C20H25ClN4O2.HI/c1-22-20(24-13-16-8-4-5-10-18(16)21)23-12-15-7-6-9-17(11-15)27-14-19(26)25(2)3;/h4-11H,12-14H2,1-3H3,(H2,22,23,24);1H. The third-order valence-corrected chi connectivity index (χ3v) is 4.22. The summed E-state index contributed by atoms with van der Waals surface area (Å²) in [5, 5.41) is 7.21. The first-order chi connectivity index (χ1) is 13.0. The fourth-order valence-electron chi connectivity index (χ4n) is 2.25. The largest absolute Gasteiger partial charge is 0.484 e. The van der Waals surface area contributed by atoms with E-state index in [1.54, 1.807) is 21.1 Å². The molecule has 1 amide bonds. The number of nitrogens with one attached hydrogen (secondary N) is 2. The van der Waals surface area contributed by atoms with E-state index < -0.39 is 0 Å². The van der Waals surface area contributed by atoms with Gasteiger partial charge in [0, 0.05) is 39.3 Å². The van der Waals surface area contributed by atoms with Crippen LogP contribution in [-0.2, 0) is 17.9 Å². The molecule has 0 aliphatic heterocycles. The van der Waals surface area contributed by atoms with E-state index in [0.717, 1.165) is 16.1 Å². The highest BCUT2D eigenvalue weighted by molar-refractivity contribution is 14.0. The summed E-state index contributed by atoms with van der Waals surface area (Å²) in [6.45, 7) is 1.17. The van der Waals surface area contributed by atoms with Gasteiger partial charge in [0.25, 0.3) is 5.91 Å². The van der Waals surface area contributed by atoms with Crippen LogP contribution in [0.4, 0.5) is 0 Å². The van der Waals surface area contributed by atoms with Crippen molar-refractivity contribution in [1.82, 2.24) is 15.5 Å². The number of guanidine groups is 1. The number of hydrogen-bond acceptors (Lipinski definition) is 3. The van der Waals surface area contributed by atoms with E-state index in [2.05, 4.69) is 15.6 Å². The maximum absolute atomic E-state index is 11.6. The van der Waals surface area contributed by atoms with E-state index in [1.165, 1.54) is 4.90 Å². The molecular formula is C20H26ClIN4O2. The second-order valence-corrected chi connectivity index (χ2v) is 6.50. The van der Waals surface area contributed by atoms with Crippen LogP contribution in [0, 0.1) is 0 Å². The smallest absolute Gasteiger partial charge is 0.259 e. The van der Waals surface area contributed by atoms with Gasteiger partial charge >= 0.3 is 0 Å². The van der Waals surface area contributed by atoms with Crippen LogP contribution in [0.5, 0.6) is 5.75 Å². The minimum Gasteiger partial charge on any atom is -0.484 e. The molecule has 2 aromatic carbocycles. The molecule has 0 unspecified atom stereocenters. The van der Waals surface area contributed by atoms with Gasteiger partial charge in [0.2, 0.25) is 0 Å². The van der Waals surface area contributed by atoms with Gasteiger partial charge in [-0.25, -0.2) is 0 Å². The fourth-order valence-corrected chi connectivity index (χ4v) is 2.45. The molecule has 2 N–H and O–H groups in total. The zero-order valence-electron chi connectivity index (χ0n) is 16.2. The van der Waals surface area contributed by atoms with Crippen molar-refractivity contribution >= 4 is 47.4 Å². The third kappa shape index (κ3) is 7.93. The summed E-state index contributed by atoms with van der Waals surface area (Å²) >= 11 is 6.17. The van der Waals surface area contributed by atoms with E-state index in [4.69, 9.17) is 16.3 Å². The number of aliphatic imine (C=N–C) groups is 1. The van der Waals surface area contributed by atoms with Crippen molar-refractivity contribution in [2.24, 2.45) is 4.99 Å². The van der Waals surface area contributed by atoms with Gasteiger partial charge in [-0.2, -0.15) is 0 Å². The lowest BCUT2D eigenvalue weighted by Crippen LogP contribution is -2.36. The molecule has 0 saturated carbocycles. The van der Waals surface area contributed by atoms with Gasteiger partial charge in [-0.15, -0.1) is 24.0 Å². The van der Waals surface area contributed by atoms with Crippen LogP contribution < -0.4 is 15.4 Å². The summed E-state index contributed by atoms with van der Waals surface area (Å²) in [6, 6.07) is 15.3. The Bertz CT molecular complexity index is 799. The predicted octanol–water partition coefficient (Wildman–Crippen LogP) is 3.29. The quantitative estimate of drug-likeness (QED) is 0.337. The minimum atomic E-state index is -0.0808. The van der Waals surface area contributed by atoms with Gasteiger partial charge in [-0.3, -0.25) is 9.79 Å². The molecular weight excluding hydrogens is 491 g/mol. The van der Waals surface area contributed by atoms with Crippen LogP contribution >= 0.6 is 35.6 Å². The second-order valence-electron chi connectivity index (χ2n) is 6.09. The molecule has 0 saturated heterocycles. The Kier molecular flexibility index (Phi) is 10.7. The Morgan fingerprint density at radius 1 is 1.11 bits per heavy atom. The number of halogens is 2. The maximum atomic E-state index is 11.6. The molecule has 0 bridgehead atoms. The highest BCUT2D eigenvalue weighted by Crippen LogP contribution is 2.15. The lowest BCUT2D eigenvalue weighted by Gasteiger charge is -2.14. The lowest BCUT2D eigenvalue weighted by molar-refractivity contribution is -0.130. The Morgan fingerprint density at radius 3 is 2.50 bits per heavy atom. The van der Waals surface area contributed by atoms with Crippen molar-refractivity contribution in [3.8, 4) is 5.75 Å². The van der Waals surface area contributed by atoms with Crippen LogP contribution in [-0.4, -0.2) is 44.5 Å². The molecule has 0 aliphatic carbocycles. The van der Waals surface area contributed by atoms with Crippen molar-refractivity contribution in [1.29, 1.82) is 0 Å². The Hall–Kier alpha value is -2.00. The maximum Gasteiger partial charge on any atom is 0.259 e. The number of likely N-dealkylation sites (N-methyl/N-ethyl adjacent to an activating group) is 1. The normalized spacial score (nSPS) is 10.6. The molecule has 2 aromatic rings. The first-order valence-corrected chi connectivity index (χ1v) is 8.97. The highest BCUT2D eigenvalue weighted by Gasteiger charge is 2.06. The molecule has 6 nitrogen and oxygen atoms in total. The molecule has 152 valence electrons. The molecule has 0 aromatic heterocycles. The number of hydrogen-bond donors (Lipinski definition) is 2. The van der Waals surface area contributed by atoms with Crippen LogP contribution in [0.3, 0.4) is 0 Å². The van der Waals surface area contributed by atoms with Gasteiger partial charge in [0.1, 0.15) is 5.75 Å². The summed E-state index contributed by atoms with van der Waals surface area (Å²) in [5.74, 6) is 1.25. The molecule has 0 fully saturated rings. The molecule has 8 heteroatoms. The summed E-state index contributed by atoms with van der Waals surface area (Å²) in [7, 11) is 5.12.